The van der Waals surface area contributed by atoms with Crippen molar-refractivity contribution in [2.45, 2.75) is 20.3 Å². The van der Waals surface area contributed by atoms with Gasteiger partial charge < -0.3 is 4.74 Å². The molecule has 1 heteroatoms. The molecule has 1 heterocycles. The molecule has 0 spiro atoms. The van der Waals surface area contributed by atoms with Crippen LogP contribution in [0.4, 0.5) is 0 Å². The van der Waals surface area contributed by atoms with Crippen LogP contribution in [0.25, 0.3) is 0 Å². The molecule has 1 atom stereocenters. The van der Waals surface area contributed by atoms with E-state index in [1.807, 2.05) is 0 Å². The molecule has 0 amide bonds. The van der Waals surface area contributed by atoms with Gasteiger partial charge in [0.15, 0.2) is 0 Å². The molecule has 0 aromatic rings. The van der Waals surface area contributed by atoms with Crippen molar-refractivity contribution in [3.63, 3.8) is 0 Å². The van der Waals surface area contributed by atoms with E-state index in [-0.39, 0.29) is 0 Å². The van der Waals surface area contributed by atoms with E-state index in [1.54, 1.807) is 0 Å². The van der Waals surface area contributed by atoms with E-state index >= 15 is 0 Å². The zero-order chi connectivity index (χ0) is 7.56. The van der Waals surface area contributed by atoms with Gasteiger partial charge in [-0.1, -0.05) is 26.0 Å². The Morgan fingerprint density at radius 2 is 2.30 bits per heavy atom. The zero-order valence-electron chi connectivity index (χ0n) is 6.89. The molecule has 58 valence electrons. The Balaban J connectivity index is 2.40. The first kappa shape index (κ1) is 7.80. The normalized spacial score (nSPS) is 25.7. The summed E-state index contributed by atoms with van der Waals surface area (Å²) in [5, 5.41) is 0. The van der Waals surface area contributed by atoms with Crippen LogP contribution in [0.1, 0.15) is 20.3 Å². The summed E-state index contributed by atoms with van der Waals surface area (Å²) in [7, 11) is 0. The first-order valence-corrected chi connectivity index (χ1v) is 3.98. The second-order valence-corrected chi connectivity index (χ2v) is 3.29. The number of ether oxygens (including phenoxy) is 1. The van der Waals surface area contributed by atoms with Crippen LogP contribution in [-0.2, 0) is 4.74 Å². The number of hydrogen-bond donors (Lipinski definition) is 0. The third kappa shape index (κ3) is 1.60. The zero-order valence-corrected chi connectivity index (χ0v) is 6.89. The molecule has 0 aliphatic carbocycles. The maximum Gasteiger partial charge on any atom is 0.0532 e. The lowest BCUT2D eigenvalue weighted by Gasteiger charge is -2.14. The van der Waals surface area contributed by atoms with Gasteiger partial charge in [-0.25, -0.2) is 0 Å². The van der Waals surface area contributed by atoms with E-state index in [1.165, 1.54) is 12.0 Å². The van der Waals surface area contributed by atoms with Crippen LogP contribution in [0.15, 0.2) is 12.2 Å². The molecule has 0 N–H and O–H groups in total. The maximum absolute atomic E-state index is 5.27. The van der Waals surface area contributed by atoms with Crippen molar-refractivity contribution >= 4 is 0 Å². The second kappa shape index (κ2) is 3.20. The van der Waals surface area contributed by atoms with Crippen LogP contribution in [-0.4, -0.2) is 13.2 Å². The van der Waals surface area contributed by atoms with Gasteiger partial charge in [0.05, 0.1) is 6.61 Å². The lowest BCUT2D eigenvalue weighted by Crippen LogP contribution is -2.07. The molecule has 1 aliphatic rings. The molecule has 1 nitrogen and oxygen atoms in total. The van der Waals surface area contributed by atoms with Crippen LogP contribution in [0.5, 0.6) is 0 Å². The van der Waals surface area contributed by atoms with Crippen molar-refractivity contribution in [2.75, 3.05) is 13.2 Å². The van der Waals surface area contributed by atoms with Gasteiger partial charge in [-0.2, -0.15) is 0 Å². The number of rotatable bonds is 2. The first-order chi connectivity index (χ1) is 4.72. The largest absolute Gasteiger partial charge is 0.381 e. The predicted octanol–water partition coefficient (Wildman–Crippen LogP) is 2.24. The molecule has 0 aromatic carbocycles. The fourth-order valence-electron chi connectivity index (χ4n) is 1.30. The minimum absolute atomic E-state index is 0.617. The standard InChI is InChI=1S/C9H16O/c1-7(2)8(3)9-4-5-10-6-9/h7,9H,3-6H2,1-2H3/t9-/m1/s1. The monoisotopic (exact) mass is 140 g/mol. The highest BCUT2D eigenvalue weighted by Gasteiger charge is 2.19. The van der Waals surface area contributed by atoms with Crippen LogP contribution in [0, 0.1) is 11.8 Å². The van der Waals surface area contributed by atoms with E-state index < -0.39 is 0 Å². The Hall–Kier alpha value is -0.300. The van der Waals surface area contributed by atoms with Crippen molar-refractivity contribution in [3.05, 3.63) is 12.2 Å². The lowest BCUT2D eigenvalue weighted by molar-refractivity contribution is 0.189. The Morgan fingerprint density at radius 3 is 2.70 bits per heavy atom. The third-order valence-corrected chi connectivity index (χ3v) is 2.20. The molecule has 0 radical (unpaired) electrons. The molecule has 0 bridgehead atoms. The van der Waals surface area contributed by atoms with Crippen LogP contribution in [0.2, 0.25) is 0 Å². The molecule has 0 aromatic heterocycles. The van der Waals surface area contributed by atoms with Crippen molar-refractivity contribution in [1.82, 2.24) is 0 Å². The van der Waals surface area contributed by atoms with Crippen LogP contribution in [0.3, 0.4) is 0 Å². The molecule has 0 unspecified atom stereocenters. The second-order valence-electron chi connectivity index (χ2n) is 3.29. The van der Waals surface area contributed by atoms with Gasteiger partial charge in [0, 0.05) is 12.5 Å². The minimum atomic E-state index is 0.617. The van der Waals surface area contributed by atoms with Crippen molar-refractivity contribution in [3.8, 4) is 0 Å². The quantitative estimate of drug-likeness (QED) is 0.534. The lowest BCUT2D eigenvalue weighted by atomic mass is 9.91. The van der Waals surface area contributed by atoms with E-state index in [9.17, 15) is 0 Å². The Bertz CT molecular complexity index is 121. The summed E-state index contributed by atoms with van der Waals surface area (Å²) >= 11 is 0. The minimum Gasteiger partial charge on any atom is -0.381 e. The Morgan fingerprint density at radius 1 is 1.60 bits per heavy atom. The van der Waals surface area contributed by atoms with E-state index in [2.05, 4.69) is 20.4 Å². The first-order valence-electron chi connectivity index (χ1n) is 3.98. The molecular formula is C9H16O. The van der Waals surface area contributed by atoms with Crippen LogP contribution < -0.4 is 0 Å². The highest BCUT2D eigenvalue weighted by atomic mass is 16.5. The summed E-state index contributed by atoms with van der Waals surface area (Å²) in [5.41, 5.74) is 1.36. The van der Waals surface area contributed by atoms with Crippen molar-refractivity contribution < 1.29 is 4.74 Å². The maximum atomic E-state index is 5.27. The molecule has 1 rings (SSSR count). The van der Waals surface area contributed by atoms with Gasteiger partial charge in [0.25, 0.3) is 0 Å². The fourth-order valence-corrected chi connectivity index (χ4v) is 1.30. The highest BCUT2D eigenvalue weighted by Crippen LogP contribution is 2.25. The number of hydrogen-bond acceptors (Lipinski definition) is 1. The van der Waals surface area contributed by atoms with E-state index in [0.717, 1.165) is 13.2 Å². The van der Waals surface area contributed by atoms with Gasteiger partial charge in [-0.3, -0.25) is 0 Å². The predicted molar refractivity (Wildman–Crippen MR) is 42.9 cm³/mol. The highest BCUT2D eigenvalue weighted by molar-refractivity contribution is 5.04. The van der Waals surface area contributed by atoms with Gasteiger partial charge in [-0.15, -0.1) is 0 Å². The average Bonchev–Trinajstić information content (AvgIpc) is 2.36. The molecule has 1 aliphatic heterocycles. The Labute approximate surface area is 63.1 Å². The molecule has 10 heavy (non-hydrogen) atoms. The van der Waals surface area contributed by atoms with E-state index in [0.29, 0.717) is 11.8 Å². The van der Waals surface area contributed by atoms with Crippen molar-refractivity contribution in [2.24, 2.45) is 11.8 Å². The third-order valence-electron chi connectivity index (χ3n) is 2.20. The fraction of sp³-hybridized carbons (Fsp3) is 0.778. The van der Waals surface area contributed by atoms with Crippen LogP contribution >= 0.6 is 0 Å². The smallest absolute Gasteiger partial charge is 0.0532 e. The van der Waals surface area contributed by atoms with Gasteiger partial charge in [0.1, 0.15) is 0 Å². The van der Waals surface area contributed by atoms with E-state index in [4.69, 9.17) is 4.74 Å². The summed E-state index contributed by atoms with van der Waals surface area (Å²) in [6, 6.07) is 0. The van der Waals surface area contributed by atoms with Gasteiger partial charge in [0.2, 0.25) is 0 Å². The Kier molecular flexibility index (Phi) is 2.50. The molecular weight excluding hydrogens is 124 g/mol. The van der Waals surface area contributed by atoms with Crippen molar-refractivity contribution in [1.29, 1.82) is 0 Å². The SMILES string of the molecule is C=C(C(C)C)[C@@H]1CCOC1. The summed E-state index contributed by atoms with van der Waals surface area (Å²) in [6.45, 7) is 10.3. The topological polar surface area (TPSA) is 9.23 Å². The molecule has 0 saturated carbocycles. The molecule has 1 saturated heterocycles. The summed E-state index contributed by atoms with van der Waals surface area (Å²) in [4.78, 5) is 0. The summed E-state index contributed by atoms with van der Waals surface area (Å²) < 4.78 is 5.27. The molecule has 1 fully saturated rings. The van der Waals surface area contributed by atoms with Gasteiger partial charge >= 0.3 is 0 Å². The van der Waals surface area contributed by atoms with Gasteiger partial charge in [-0.05, 0) is 12.3 Å². The summed E-state index contributed by atoms with van der Waals surface area (Å²) in [5.74, 6) is 1.26. The average molecular weight is 140 g/mol. The summed E-state index contributed by atoms with van der Waals surface area (Å²) in [6.07, 6.45) is 1.18.